The summed E-state index contributed by atoms with van der Waals surface area (Å²) < 4.78 is 66.7. The number of hydrogen-bond donors (Lipinski definition) is 1. The monoisotopic (exact) mass is 406 g/mol. The van der Waals surface area contributed by atoms with E-state index in [1.54, 1.807) is 24.7 Å². The van der Waals surface area contributed by atoms with Crippen molar-refractivity contribution >= 4 is 10.0 Å². The van der Waals surface area contributed by atoms with E-state index in [2.05, 4.69) is 15.2 Å². The number of nitrogens with one attached hydrogen (secondary N) is 1. The first kappa shape index (κ1) is 17.4. The molecule has 0 amide bonds. The van der Waals surface area contributed by atoms with Crippen molar-refractivity contribution in [3.63, 3.8) is 0 Å². The lowest BCUT2D eigenvalue weighted by Gasteiger charge is -2.33. The van der Waals surface area contributed by atoms with Gasteiger partial charge in [-0.1, -0.05) is 0 Å². The zero-order valence-electron chi connectivity index (χ0n) is 14.2. The molecule has 0 fully saturated rings. The van der Waals surface area contributed by atoms with Crippen LogP contribution in [0.2, 0.25) is 0 Å². The molecule has 2 atom stereocenters. The molecule has 1 N–H and O–H groups in total. The summed E-state index contributed by atoms with van der Waals surface area (Å²) in [4.78, 5) is 3.94. The molecule has 2 aliphatic heterocycles. The highest BCUT2D eigenvalue weighted by Gasteiger charge is 2.51. The zero-order chi connectivity index (χ0) is 19.7. The van der Waals surface area contributed by atoms with E-state index in [1.165, 1.54) is 4.31 Å². The van der Waals surface area contributed by atoms with Gasteiger partial charge in [-0.05, 0) is 41.5 Å². The molecular formula is C18H13F3N4O2S. The Balaban J connectivity index is 1.63. The fourth-order valence-corrected chi connectivity index (χ4v) is 5.81. The third-order valence-corrected chi connectivity index (χ3v) is 7.19. The Bertz CT molecular complexity index is 1170. The van der Waals surface area contributed by atoms with Crippen molar-refractivity contribution in [1.82, 2.24) is 19.5 Å². The SMILES string of the molecule is O=S(=O)(c1ccc(C(F)(F)F)cc1)N1C2Cc3[nH]ncc3C1c1ccncc12. The van der Waals surface area contributed by atoms with Gasteiger partial charge in [0.15, 0.2) is 0 Å². The van der Waals surface area contributed by atoms with Crippen LogP contribution in [-0.2, 0) is 22.6 Å². The van der Waals surface area contributed by atoms with Crippen LogP contribution in [0.1, 0.15) is 40.0 Å². The quantitative estimate of drug-likeness (QED) is 0.709. The van der Waals surface area contributed by atoms with Crippen LogP contribution in [0.3, 0.4) is 0 Å². The normalized spacial score (nSPS) is 21.4. The molecule has 0 radical (unpaired) electrons. The lowest BCUT2D eigenvalue weighted by molar-refractivity contribution is -0.137. The Morgan fingerprint density at radius 3 is 2.50 bits per heavy atom. The average Bonchev–Trinajstić information content (AvgIpc) is 3.23. The van der Waals surface area contributed by atoms with Crippen molar-refractivity contribution in [2.45, 2.75) is 29.6 Å². The molecule has 2 unspecified atom stereocenters. The lowest BCUT2D eigenvalue weighted by atomic mass is 10.0. The Labute approximate surface area is 158 Å². The number of rotatable bonds is 2. The second kappa shape index (κ2) is 5.65. The number of sulfonamides is 1. The van der Waals surface area contributed by atoms with Crippen LogP contribution in [-0.4, -0.2) is 27.9 Å². The molecule has 0 aliphatic carbocycles. The largest absolute Gasteiger partial charge is 0.416 e. The number of pyridine rings is 1. The van der Waals surface area contributed by atoms with E-state index >= 15 is 0 Å². The van der Waals surface area contributed by atoms with Gasteiger partial charge in [0.25, 0.3) is 0 Å². The molecule has 0 saturated carbocycles. The molecule has 4 heterocycles. The van der Waals surface area contributed by atoms with E-state index in [0.29, 0.717) is 6.42 Å². The second-order valence-corrected chi connectivity index (χ2v) is 8.63. The topological polar surface area (TPSA) is 79.0 Å². The van der Waals surface area contributed by atoms with Crippen LogP contribution in [0.15, 0.2) is 53.8 Å². The number of aromatic amines is 1. The average molecular weight is 406 g/mol. The van der Waals surface area contributed by atoms with Gasteiger partial charge >= 0.3 is 6.18 Å². The molecule has 2 bridgehead atoms. The highest BCUT2D eigenvalue weighted by Crippen LogP contribution is 2.53. The van der Waals surface area contributed by atoms with Crippen LogP contribution in [0.25, 0.3) is 0 Å². The fourth-order valence-electron chi connectivity index (χ4n) is 4.06. The first-order chi connectivity index (χ1) is 13.3. The van der Waals surface area contributed by atoms with E-state index in [0.717, 1.165) is 46.6 Å². The third-order valence-electron chi connectivity index (χ3n) is 5.30. The predicted octanol–water partition coefficient (Wildman–Crippen LogP) is 3.21. The molecule has 6 nitrogen and oxygen atoms in total. The number of nitrogens with zero attached hydrogens (tertiary/aromatic N) is 3. The maximum absolute atomic E-state index is 13.4. The Hall–Kier alpha value is -2.72. The molecule has 2 aliphatic rings. The molecule has 2 aromatic heterocycles. The summed E-state index contributed by atoms with van der Waals surface area (Å²) >= 11 is 0. The second-order valence-electron chi connectivity index (χ2n) is 6.79. The van der Waals surface area contributed by atoms with Gasteiger partial charge in [-0.25, -0.2) is 8.42 Å². The smallest absolute Gasteiger partial charge is 0.282 e. The van der Waals surface area contributed by atoms with Gasteiger partial charge in [-0.15, -0.1) is 0 Å². The summed E-state index contributed by atoms with van der Waals surface area (Å²) in [6.07, 6.45) is 0.711. The molecule has 10 heteroatoms. The van der Waals surface area contributed by atoms with Crippen LogP contribution >= 0.6 is 0 Å². The maximum Gasteiger partial charge on any atom is 0.416 e. The van der Waals surface area contributed by atoms with Gasteiger partial charge in [0.1, 0.15) is 0 Å². The standard InChI is InChI=1S/C18H13F3N4O2S/c19-18(20,21)10-1-3-11(4-2-10)28(26,27)25-16-7-15-14(9-23-24-15)17(25)12-5-6-22-8-13(12)16/h1-6,8-9,16-17H,7H2,(H,23,24). The highest BCUT2D eigenvalue weighted by molar-refractivity contribution is 7.89. The Morgan fingerprint density at radius 2 is 1.79 bits per heavy atom. The van der Waals surface area contributed by atoms with E-state index in [4.69, 9.17) is 0 Å². The van der Waals surface area contributed by atoms with Gasteiger partial charge < -0.3 is 0 Å². The predicted molar refractivity (Wildman–Crippen MR) is 91.6 cm³/mol. The molecule has 28 heavy (non-hydrogen) atoms. The molecule has 144 valence electrons. The van der Waals surface area contributed by atoms with Gasteiger partial charge in [-0.3, -0.25) is 10.1 Å². The van der Waals surface area contributed by atoms with Crippen molar-refractivity contribution in [2.24, 2.45) is 0 Å². The third kappa shape index (κ3) is 2.34. The first-order valence-electron chi connectivity index (χ1n) is 8.45. The van der Waals surface area contributed by atoms with Gasteiger partial charge in [0.05, 0.1) is 28.7 Å². The minimum absolute atomic E-state index is 0.178. The zero-order valence-corrected chi connectivity index (χ0v) is 15.0. The molecule has 3 aromatic rings. The van der Waals surface area contributed by atoms with E-state index in [1.807, 2.05) is 0 Å². The van der Waals surface area contributed by atoms with Crippen molar-refractivity contribution in [2.75, 3.05) is 0 Å². The number of alkyl halides is 3. The summed E-state index contributed by atoms with van der Waals surface area (Å²) in [6, 6.07) is 4.29. The molecule has 5 rings (SSSR count). The minimum atomic E-state index is -4.53. The minimum Gasteiger partial charge on any atom is -0.282 e. The molecule has 1 aromatic carbocycles. The van der Waals surface area contributed by atoms with Crippen molar-refractivity contribution in [3.05, 3.63) is 76.9 Å². The highest BCUT2D eigenvalue weighted by atomic mass is 32.2. The summed E-state index contributed by atoms with van der Waals surface area (Å²) in [5.41, 5.74) is 2.32. The van der Waals surface area contributed by atoms with Crippen molar-refractivity contribution in [1.29, 1.82) is 0 Å². The van der Waals surface area contributed by atoms with E-state index < -0.39 is 33.8 Å². The van der Waals surface area contributed by atoms with E-state index in [-0.39, 0.29) is 4.90 Å². The van der Waals surface area contributed by atoms with Gasteiger partial charge in [0, 0.05) is 30.1 Å². The Morgan fingerprint density at radius 1 is 1.04 bits per heavy atom. The fraction of sp³-hybridized carbons (Fsp3) is 0.222. The van der Waals surface area contributed by atoms with Crippen LogP contribution < -0.4 is 0 Å². The number of aromatic nitrogens is 3. The van der Waals surface area contributed by atoms with Gasteiger partial charge in [-0.2, -0.15) is 22.6 Å². The van der Waals surface area contributed by atoms with Crippen LogP contribution in [0, 0.1) is 0 Å². The van der Waals surface area contributed by atoms with Crippen LogP contribution in [0.4, 0.5) is 13.2 Å². The number of halogens is 3. The summed E-state index contributed by atoms with van der Waals surface area (Å²) in [5.74, 6) is 0. The molecule has 0 spiro atoms. The van der Waals surface area contributed by atoms with Crippen LogP contribution in [0.5, 0.6) is 0 Å². The molecule has 0 saturated heterocycles. The molecular weight excluding hydrogens is 393 g/mol. The van der Waals surface area contributed by atoms with Gasteiger partial charge in [0.2, 0.25) is 10.0 Å². The maximum atomic E-state index is 13.4. The van der Waals surface area contributed by atoms with Crippen molar-refractivity contribution < 1.29 is 21.6 Å². The number of benzene rings is 1. The summed E-state index contributed by atoms with van der Waals surface area (Å²) in [5, 5.41) is 6.95. The number of hydrogen-bond acceptors (Lipinski definition) is 4. The van der Waals surface area contributed by atoms with E-state index in [9.17, 15) is 21.6 Å². The number of fused-ring (bicyclic) bond motifs is 7. The summed E-state index contributed by atoms with van der Waals surface area (Å²) in [6.45, 7) is 0. The lowest BCUT2D eigenvalue weighted by Crippen LogP contribution is -2.37. The number of H-pyrrole nitrogens is 1. The Kier molecular flexibility index (Phi) is 3.50. The van der Waals surface area contributed by atoms with Crippen molar-refractivity contribution in [3.8, 4) is 0 Å². The first-order valence-corrected chi connectivity index (χ1v) is 9.89. The summed E-state index contributed by atoms with van der Waals surface area (Å²) in [7, 11) is -4.05.